The van der Waals surface area contributed by atoms with Crippen LogP contribution in [0.5, 0.6) is 0 Å². The van der Waals surface area contributed by atoms with E-state index in [0.717, 1.165) is 62.8 Å². The largest absolute Gasteiger partial charge is 0.383 e. The van der Waals surface area contributed by atoms with Gasteiger partial charge in [0.15, 0.2) is 0 Å². The Morgan fingerprint density at radius 1 is 1.10 bits per heavy atom. The van der Waals surface area contributed by atoms with Crippen LogP contribution in [0.15, 0.2) is 18.5 Å². The van der Waals surface area contributed by atoms with Gasteiger partial charge in [-0.05, 0) is 44.2 Å². The number of rotatable bonds is 4. The molecule has 2 saturated heterocycles. The molecule has 0 radical (unpaired) electrons. The fraction of sp³-hybridized carbons (Fsp3) is 0.636. The molecule has 0 amide bonds. The molecule has 5 aliphatic rings. The number of ether oxygens (including phenoxy) is 2. The summed E-state index contributed by atoms with van der Waals surface area (Å²) in [6, 6.07) is 2.10. The highest BCUT2D eigenvalue weighted by molar-refractivity contribution is 5.61. The zero-order chi connectivity index (χ0) is 19.6. The van der Waals surface area contributed by atoms with Crippen LogP contribution in [0.2, 0.25) is 0 Å². The molecule has 1 unspecified atom stereocenters. The number of hydrogen-bond acceptors (Lipinski definition) is 6. The SMILES string of the molecule is Cc1cc(-c2cn(C34CC(N5CCOCC5)(C3)C4)c(C3CCOC3)n2)cnc1N. The molecule has 7 heteroatoms. The van der Waals surface area contributed by atoms with E-state index in [1.165, 1.54) is 25.1 Å². The summed E-state index contributed by atoms with van der Waals surface area (Å²) in [5, 5.41) is 0. The van der Waals surface area contributed by atoms with Crippen molar-refractivity contribution >= 4 is 5.82 Å². The molecule has 29 heavy (non-hydrogen) atoms. The first-order valence-electron chi connectivity index (χ1n) is 10.8. The second-order valence-corrected chi connectivity index (χ2v) is 9.42. The van der Waals surface area contributed by atoms with Gasteiger partial charge in [0.1, 0.15) is 11.6 Å². The maximum absolute atomic E-state index is 5.93. The summed E-state index contributed by atoms with van der Waals surface area (Å²) in [4.78, 5) is 12.1. The van der Waals surface area contributed by atoms with Gasteiger partial charge in [-0.1, -0.05) is 0 Å². The molecule has 154 valence electrons. The molecule has 2 aromatic heterocycles. The lowest BCUT2D eigenvalue weighted by Gasteiger charge is -2.74. The molecule has 2 N–H and O–H groups in total. The third-order valence-corrected chi connectivity index (χ3v) is 7.61. The van der Waals surface area contributed by atoms with Gasteiger partial charge in [-0.25, -0.2) is 9.97 Å². The quantitative estimate of drug-likeness (QED) is 0.856. The Bertz CT molecular complexity index is 923. The highest BCUT2D eigenvalue weighted by atomic mass is 16.5. The lowest BCUT2D eigenvalue weighted by Crippen LogP contribution is -2.79. The van der Waals surface area contributed by atoms with Crippen molar-refractivity contribution in [3.63, 3.8) is 0 Å². The van der Waals surface area contributed by atoms with E-state index in [4.69, 9.17) is 20.2 Å². The molecule has 1 atom stereocenters. The predicted molar refractivity (Wildman–Crippen MR) is 110 cm³/mol. The van der Waals surface area contributed by atoms with Crippen LogP contribution >= 0.6 is 0 Å². The molecule has 5 fully saturated rings. The number of pyridine rings is 1. The fourth-order valence-electron chi connectivity index (χ4n) is 5.98. The van der Waals surface area contributed by atoms with E-state index >= 15 is 0 Å². The number of aromatic nitrogens is 3. The Morgan fingerprint density at radius 2 is 1.90 bits per heavy atom. The van der Waals surface area contributed by atoms with E-state index in [1.54, 1.807) is 0 Å². The van der Waals surface area contributed by atoms with Crippen molar-refractivity contribution in [1.29, 1.82) is 0 Å². The van der Waals surface area contributed by atoms with E-state index in [1.807, 2.05) is 13.1 Å². The lowest BCUT2D eigenvalue weighted by molar-refractivity contribution is -0.221. The van der Waals surface area contributed by atoms with Gasteiger partial charge in [0.2, 0.25) is 0 Å². The minimum Gasteiger partial charge on any atom is -0.383 e. The van der Waals surface area contributed by atoms with Crippen LogP contribution in [0.4, 0.5) is 5.82 Å². The van der Waals surface area contributed by atoms with E-state index in [-0.39, 0.29) is 5.54 Å². The zero-order valence-corrected chi connectivity index (χ0v) is 17.1. The molecular formula is C22H29N5O2. The predicted octanol–water partition coefficient (Wildman–Crippen LogP) is 2.30. The topological polar surface area (TPSA) is 78.4 Å². The molecule has 0 spiro atoms. The molecule has 7 rings (SSSR count). The van der Waals surface area contributed by atoms with Crippen LogP contribution in [0.25, 0.3) is 11.3 Å². The average Bonchev–Trinajstić information content (AvgIpc) is 3.33. The second kappa shape index (κ2) is 6.27. The monoisotopic (exact) mass is 395 g/mol. The van der Waals surface area contributed by atoms with Gasteiger partial charge >= 0.3 is 0 Å². The van der Waals surface area contributed by atoms with Gasteiger partial charge in [-0.15, -0.1) is 0 Å². The number of nitrogens with two attached hydrogens (primary N) is 1. The lowest BCUT2D eigenvalue weighted by atomic mass is 9.43. The van der Waals surface area contributed by atoms with Crippen molar-refractivity contribution < 1.29 is 9.47 Å². The smallest absolute Gasteiger partial charge is 0.126 e. The number of imidazole rings is 1. The summed E-state index contributed by atoms with van der Waals surface area (Å²) < 4.78 is 13.8. The first kappa shape index (κ1) is 17.9. The first-order valence-corrected chi connectivity index (χ1v) is 10.8. The average molecular weight is 396 g/mol. The third kappa shape index (κ3) is 2.60. The van der Waals surface area contributed by atoms with Crippen LogP contribution in [-0.2, 0) is 15.0 Å². The molecule has 7 nitrogen and oxygen atoms in total. The maximum atomic E-state index is 5.93. The van der Waals surface area contributed by atoms with E-state index in [0.29, 0.717) is 17.3 Å². The summed E-state index contributed by atoms with van der Waals surface area (Å²) in [7, 11) is 0. The van der Waals surface area contributed by atoms with E-state index in [9.17, 15) is 0 Å². The van der Waals surface area contributed by atoms with Crippen molar-refractivity contribution in [2.75, 3.05) is 45.3 Å². The van der Waals surface area contributed by atoms with Gasteiger partial charge in [0.25, 0.3) is 0 Å². The standard InChI is InChI=1S/C22H29N5O2/c1-15-8-17(9-24-19(15)23)18-10-27(20(25-18)16-2-5-29-11-16)22-12-21(13-22,14-22)26-3-6-28-7-4-26/h8-10,16H,2-7,11-14H2,1H3,(H2,23,24). The first-order chi connectivity index (χ1) is 14.1. The van der Waals surface area contributed by atoms with E-state index in [2.05, 4.69) is 26.7 Å². The molecule has 2 bridgehead atoms. The molecule has 3 saturated carbocycles. The van der Waals surface area contributed by atoms with Crippen molar-refractivity contribution in [3.05, 3.63) is 29.8 Å². The Kier molecular flexibility index (Phi) is 3.86. The van der Waals surface area contributed by atoms with Crippen LogP contribution in [-0.4, -0.2) is 64.5 Å². The van der Waals surface area contributed by atoms with Crippen LogP contribution < -0.4 is 5.73 Å². The number of nitrogen functional groups attached to an aromatic ring is 1. The Morgan fingerprint density at radius 3 is 2.59 bits per heavy atom. The summed E-state index contributed by atoms with van der Waals surface area (Å²) in [5.41, 5.74) is 9.61. The molecular weight excluding hydrogens is 366 g/mol. The Labute approximate surface area is 171 Å². The number of nitrogens with zero attached hydrogens (tertiary/aromatic N) is 4. The van der Waals surface area contributed by atoms with Gasteiger partial charge in [-0.2, -0.15) is 0 Å². The van der Waals surface area contributed by atoms with Crippen molar-refractivity contribution in [2.24, 2.45) is 0 Å². The van der Waals surface area contributed by atoms with Crippen LogP contribution in [0.1, 0.15) is 43.0 Å². The summed E-state index contributed by atoms with van der Waals surface area (Å²) in [6.07, 6.45) is 8.87. The number of anilines is 1. The molecule has 2 aromatic rings. The van der Waals surface area contributed by atoms with Gasteiger partial charge in [-0.3, -0.25) is 4.90 Å². The normalized spacial score (nSPS) is 34.0. The molecule has 3 aliphatic carbocycles. The fourth-order valence-corrected chi connectivity index (χ4v) is 5.98. The minimum atomic E-state index is 0.234. The zero-order valence-electron chi connectivity index (χ0n) is 17.1. The van der Waals surface area contributed by atoms with Crippen molar-refractivity contribution in [3.8, 4) is 11.3 Å². The van der Waals surface area contributed by atoms with Crippen molar-refractivity contribution in [1.82, 2.24) is 19.4 Å². The second-order valence-electron chi connectivity index (χ2n) is 9.42. The number of morpholine rings is 1. The van der Waals surface area contributed by atoms with Gasteiger partial charge in [0, 0.05) is 49.1 Å². The third-order valence-electron chi connectivity index (χ3n) is 7.61. The van der Waals surface area contributed by atoms with Gasteiger partial charge < -0.3 is 19.8 Å². The molecule has 2 aliphatic heterocycles. The summed E-state index contributed by atoms with van der Waals surface area (Å²) >= 11 is 0. The summed E-state index contributed by atoms with van der Waals surface area (Å²) in [5.74, 6) is 2.17. The minimum absolute atomic E-state index is 0.234. The van der Waals surface area contributed by atoms with Crippen LogP contribution in [0.3, 0.4) is 0 Å². The summed E-state index contributed by atoms with van der Waals surface area (Å²) in [6.45, 7) is 7.51. The maximum Gasteiger partial charge on any atom is 0.126 e. The highest BCUT2D eigenvalue weighted by Gasteiger charge is 2.71. The Hall–Kier alpha value is -1.96. The number of hydrogen-bond donors (Lipinski definition) is 1. The molecule has 0 aromatic carbocycles. The van der Waals surface area contributed by atoms with Crippen molar-refractivity contribution in [2.45, 2.75) is 49.6 Å². The number of aryl methyl sites for hydroxylation is 1. The molecule has 4 heterocycles. The Balaban J connectivity index is 1.32. The highest BCUT2D eigenvalue weighted by Crippen LogP contribution is 2.68. The van der Waals surface area contributed by atoms with E-state index < -0.39 is 0 Å². The van der Waals surface area contributed by atoms with Gasteiger partial charge in [0.05, 0.1) is 31.1 Å². The van der Waals surface area contributed by atoms with Crippen LogP contribution in [0, 0.1) is 6.92 Å².